The predicted molar refractivity (Wildman–Crippen MR) is 111 cm³/mol. The minimum Gasteiger partial charge on any atom is -0.381 e. The number of nitrogens with zero attached hydrogens (tertiary/aromatic N) is 4. The van der Waals surface area contributed by atoms with Gasteiger partial charge in [0.15, 0.2) is 0 Å². The number of aromatic nitrogens is 2. The molecule has 10 nitrogen and oxygen atoms in total. The fourth-order valence-corrected chi connectivity index (χ4v) is 3.53. The molecule has 10 heteroatoms. The molecule has 3 N–H and O–H groups in total. The first-order valence-corrected chi connectivity index (χ1v) is 10.0. The fraction of sp³-hybridized carbons (Fsp3) is 0.381. The minimum absolute atomic E-state index is 0.0203. The number of carbonyl (C=O) groups is 2. The standard InChI is InChI=1S/C21H22N6O4/c22-13-21(30)8-10-27(19(21)29)17-5-9-23-20(26-17)25-15-3-1-14(2-4-15)18(28)24-16-6-11-31-12-7-16/h1-5,9,16,30H,6-8,10-12H2,(H,24,28)(H,23,25,26)/t21-/m0/s1. The number of benzene rings is 1. The van der Waals surface area contributed by atoms with E-state index in [4.69, 9.17) is 10.00 Å². The number of anilines is 3. The van der Waals surface area contributed by atoms with Crippen LogP contribution in [-0.2, 0) is 9.53 Å². The Labute approximate surface area is 178 Å². The van der Waals surface area contributed by atoms with Crippen LogP contribution in [0, 0.1) is 11.3 Å². The van der Waals surface area contributed by atoms with Crippen molar-refractivity contribution in [2.24, 2.45) is 0 Å². The molecule has 2 fully saturated rings. The van der Waals surface area contributed by atoms with Gasteiger partial charge in [0.1, 0.15) is 11.9 Å². The van der Waals surface area contributed by atoms with Gasteiger partial charge in [-0.05, 0) is 43.2 Å². The largest absolute Gasteiger partial charge is 0.381 e. The molecule has 0 unspecified atom stereocenters. The topological polar surface area (TPSA) is 140 Å². The van der Waals surface area contributed by atoms with Gasteiger partial charge in [-0.1, -0.05) is 0 Å². The second-order valence-corrected chi connectivity index (χ2v) is 7.48. The molecule has 2 saturated heterocycles. The summed E-state index contributed by atoms with van der Waals surface area (Å²) in [7, 11) is 0. The molecule has 160 valence electrons. The maximum atomic E-state index is 12.4. The van der Waals surface area contributed by atoms with Gasteiger partial charge in [0.05, 0.1) is 0 Å². The lowest BCUT2D eigenvalue weighted by Crippen LogP contribution is -2.39. The van der Waals surface area contributed by atoms with Gasteiger partial charge in [0, 0.05) is 49.7 Å². The quantitative estimate of drug-likeness (QED) is 0.609. The number of nitriles is 1. The normalized spacial score (nSPS) is 21.5. The Morgan fingerprint density at radius 1 is 1.26 bits per heavy atom. The SMILES string of the molecule is N#C[C@@]1(O)CCN(c2ccnc(Nc3ccc(C(=O)NC4CCOCC4)cc3)n2)C1=O. The average Bonchev–Trinajstić information content (AvgIpc) is 3.10. The Hall–Kier alpha value is -3.55. The Kier molecular flexibility index (Phi) is 5.79. The molecule has 1 atom stereocenters. The monoisotopic (exact) mass is 422 g/mol. The van der Waals surface area contributed by atoms with Gasteiger partial charge >= 0.3 is 0 Å². The summed E-state index contributed by atoms with van der Waals surface area (Å²) in [6.07, 6.45) is 3.12. The summed E-state index contributed by atoms with van der Waals surface area (Å²) in [4.78, 5) is 34.4. The zero-order valence-corrected chi connectivity index (χ0v) is 16.7. The van der Waals surface area contributed by atoms with E-state index in [1.54, 1.807) is 30.3 Å². The van der Waals surface area contributed by atoms with Crippen LogP contribution >= 0.6 is 0 Å². The first kappa shape index (κ1) is 20.7. The van der Waals surface area contributed by atoms with Crippen LogP contribution in [0.2, 0.25) is 0 Å². The lowest BCUT2D eigenvalue weighted by atomic mass is 10.1. The summed E-state index contributed by atoms with van der Waals surface area (Å²) in [5.41, 5.74) is -0.800. The van der Waals surface area contributed by atoms with Crippen LogP contribution in [0.3, 0.4) is 0 Å². The molecule has 2 aliphatic rings. The fourth-order valence-electron chi connectivity index (χ4n) is 3.53. The highest BCUT2D eigenvalue weighted by Crippen LogP contribution is 2.27. The van der Waals surface area contributed by atoms with Gasteiger partial charge in [-0.15, -0.1) is 0 Å². The second-order valence-electron chi connectivity index (χ2n) is 7.48. The van der Waals surface area contributed by atoms with Crippen LogP contribution in [0.15, 0.2) is 36.5 Å². The van der Waals surface area contributed by atoms with E-state index < -0.39 is 11.5 Å². The maximum absolute atomic E-state index is 12.4. The van der Waals surface area contributed by atoms with Crippen LogP contribution in [0.4, 0.5) is 17.5 Å². The third-order valence-electron chi connectivity index (χ3n) is 5.36. The van der Waals surface area contributed by atoms with Crippen molar-refractivity contribution in [1.29, 1.82) is 5.26 Å². The van der Waals surface area contributed by atoms with E-state index in [2.05, 4.69) is 20.6 Å². The molecule has 1 aromatic carbocycles. The maximum Gasteiger partial charge on any atom is 0.275 e. The highest BCUT2D eigenvalue weighted by atomic mass is 16.5. The van der Waals surface area contributed by atoms with Gasteiger partial charge in [0.25, 0.3) is 11.8 Å². The molecule has 31 heavy (non-hydrogen) atoms. The van der Waals surface area contributed by atoms with Crippen molar-refractivity contribution in [3.63, 3.8) is 0 Å². The molecule has 0 saturated carbocycles. The van der Waals surface area contributed by atoms with E-state index in [0.717, 1.165) is 12.8 Å². The number of ether oxygens (including phenoxy) is 1. The first-order chi connectivity index (χ1) is 15.0. The Balaban J connectivity index is 1.41. The zero-order valence-electron chi connectivity index (χ0n) is 16.7. The lowest BCUT2D eigenvalue weighted by molar-refractivity contribution is -0.128. The molecule has 3 heterocycles. The van der Waals surface area contributed by atoms with Gasteiger partial charge in [-0.25, -0.2) is 4.98 Å². The van der Waals surface area contributed by atoms with Crippen LogP contribution in [0.5, 0.6) is 0 Å². The van der Waals surface area contributed by atoms with E-state index in [9.17, 15) is 14.7 Å². The van der Waals surface area contributed by atoms with Gasteiger partial charge in [0.2, 0.25) is 11.5 Å². The van der Waals surface area contributed by atoms with E-state index in [-0.39, 0.29) is 30.9 Å². The molecule has 0 radical (unpaired) electrons. The smallest absolute Gasteiger partial charge is 0.275 e. The molecule has 0 bridgehead atoms. The summed E-state index contributed by atoms with van der Waals surface area (Å²) in [6.45, 7) is 1.51. The van der Waals surface area contributed by atoms with Gasteiger partial charge in [-0.3, -0.25) is 14.5 Å². The molecule has 2 aromatic rings. The molecule has 1 aromatic heterocycles. The summed E-state index contributed by atoms with van der Waals surface area (Å²) in [6, 6.07) is 10.2. The van der Waals surface area contributed by atoms with E-state index in [1.165, 1.54) is 17.2 Å². The molecule has 4 rings (SSSR count). The van der Waals surface area contributed by atoms with Crippen molar-refractivity contribution >= 4 is 29.3 Å². The Bertz CT molecular complexity index is 1020. The number of amides is 2. The Morgan fingerprint density at radius 3 is 2.68 bits per heavy atom. The van der Waals surface area contributed by atoms with Crippen molar-refractivity contribution in [2.75, 3.05) is 30.0 Å². The highest BCUT2D eigenvalue weighted by Gasteiger charge is 2.46. The first-order valence-electron chi connectivity index (χ1n) is 10.0. The predicted octanol–water partition coefficient (Wildman–Crippen LogP) is 1.12. The Morgan fingerprint density at radius 2 is 2.00 bits per heavy atom. The molecule has 2 aliphatic heterocycles. The van der Waals surface area contributed by atoms with Crippen LogP contribution in [0.1, 0.15) is 29.6 Å². The average molecular weight is 422 g/mol. The number of rotatable bonds is 5. The highest BCUT2D eigenvalue weighted by molar-refractivity contribution is 6.03. The van der Waals surface area contributed by atoms with Crippen molar-refractivity contribution < 1.29 is 19.4 Å². The summed E-state index contributed by atoms with van der Waals surface area (Å²) in [5, 5.41) is 25.1. The number of nitrogens with one attached hydrogen (secondary N) is 2. The summed E-state index contributed by atoms with van der Waals surface area (Å²) in [5.74, 6) is -0.285. The molecule has 0 aliphatic carbocycles. The van der Waals surface area contributed by atoms with Crippen molar-refractivity contribution in [3.05, 3.63) is 42.1 Å². The minimum atomic E-state index is -2.01. The second kappa shape index (κ2) is 8.67. The van der Waals surface area contributed by atoms with Gasteiger partial charge < -0.3 is 20.5 Å². The number of carbonyl (C=O) groups excluding carboxylic acids is 2. The van der Waals surface area contributed by atoms with Crippen molar-refractivity contribution in [2.45, 2.75) is 30.9 Å². The molecular formula is C21H22N6O4. The lowest BCUT2D eigenvalue weighted by Gasteiger charge is -2.23. The van der Waals surface area contributed by atoms with Crippen LogP contribution < -0.4 is 15.5 Å². The van der Waals surface area contributed by atoms with Gasteiger partial charge in [-0.2, -0.15) is 10.2 Å². The van der Waals surface area contributed by atoms with E-state index >= 15 is 0 Å². The number of hydrogen-bond acceptors (Lipinski definition) is 8. The third-order valence-corrected chi connectivity index (χ3v) is 5.36. The third kappa shape index (κ3) is 4.47. The van der Waals surface area contributed by atoms with Crippen molar-refractivity contribution in [3.8, 4) is 6.07 Å². The van der Waals surface area contributed by atoms with Crippen molar-refractivity contribution in [1.82, 2.24) is 15.3 Å². The summed E-state index contributed by atoms with van der Waals surface area (Å²) >= 11 is 0. The summed E-state index contributed by atoms with van der Waals surface area (Å²) < 4.78 is 5.30. The number of aliphatic hydroxyl groups is 1. The zero-order chi connectivity index (χ0) is 21.8. The number of hydrogen-bond donors (Lipinski definition) is 3. The molecule has 0 spiro atoms. The molecular weight excluding hydrogens is 400 g/mol. The van der Waals surface area contributed by atoms with Crippen LogP contribution in [0.25, 0.3) is 0 Å². The molecule has 2 amide bonds. The van der Waals surface area contributed by atoms with E-state index in [0.29, 0.717) is 30.3 Å². The van der Waals surface area contributed by atoms with E-state index in [1.807, 2.05) is 0 Å². The van der Waals surface area contributed by atoms with Crippen LogP contribution in [-0.4, -0.2) is 58.3 Å².